The zero-order chi connectivity index (χ0) is 12.1. The number of nitrogens with zero attached hydrogens (tertiary/aromatic N) is 1. The molecule has 17 heavy (non-hydrogen) atoms. The van der Waals surface area contributed by atoms with Crippen molar-refractivity contribution in [3.8, 4) is 0 Å². The molecule has 0 saturated carbocycles. The molecule has 1 N–H and O–H groups in total. The van der Waals surface area contributed by atoms with E-state index in [0.717, 1.165) is 45.8 Å². The zero-order valence-electron chi connectivity index (χ0n) is 10.1. The van der Waals surface area contributed by atoms with Crippen LogP contribution in [0.1, 0.15) is 19.3 Å². The second-order valence-corrected chi connectivity index (χ2v) is 4.88. The fourth-order valence-corrected chi connectivity index (χ4v) is 2.58. The molecule has 0 spiro atoms. The second kappa shape index (κ2) is 6.33. The van der Waals surface area contributed by atoms with Crippen LogP contribution in [0.4, 0.5) is 0 Å². The fourth-order valence-electron chi connectivity index (χ4n) is 2.58. The number of carboxylic acids is 1. The van der Waals surface area contributed by atoms with Gasteiger partial charge in [-0.25, -0.2) is 0 Å². The summed E-state index contributed by atoms with van der Waals surface area (Å²) >= 11 is 0. The molecular formula is C12H21NO4. The van der Waals surface area contributed by atoms with E-state index in [1.807, 2.05) is 0 Å². The predicted molar refractivity (Wildman–Crippen MR) is 62.0 cm³/mol. The average Bonchev–Trinajstić information content (AvgIpc) is 2.32. The Morgan fingerprint density at radius 2 is 2.00 bits per heavy atom. The van der Waals surface area contributed by atoms with Crippen LogP contribution in [0.3, 0.4) is 0 Å². The summed E-state index contributed by atoms with van der Waals surface area (Å²) < 4.78 is 10.7. The van der Waals surface area contributed by atoms with Gasteiger partial charge in [-0.15, -0.1) is 0 Å². The summed E-state index contributed by atoms with van der Waals surface area (Å²) in [6.07, 6.45) is 2.37. The summed E-state index contributed by atoms with van der Waals surface area (Å²) in [7, 11) is 0. The number of aliphatic carboxylic acids is 1. The summed E-state index contributed by atoms with van der Waals surface area (Å²) in [5.74, 6) is -0.0874. The SMILES string of the molecule is O=C(O)CC1COCCN1CC1CCOCC1. The molecule has 0 aromatic heterocycles. The van der Waals surface area contributed by atoms with E-state index in [1.165, 1.54) is 0 Å². The Kier molecular flexibility index (Phi) is 4.76. The molecule has 0 aromatic carbocycles. The van der Waals surface area contributed by atoms with Crippen molar-refractivity contribution in [3.63, 3.8) is 0 Å². The molecule has 0 aromatic rings. The molecule has 5 heteroatoms. The topological polar surface area (TPSA) is 59.0 Å². The van der Waals surface area contributed by atoms with Crippen LogP contribution in [-0.2, 0) is 14.3 Å². The number of hydrogen-bond acceptors (Lipinski definition) is 4. The van der Waals surface area contributed by atoms with Gasteiger partial charge in [0.25, 0.3) is 0 Å². The third-order valence-corrected chi connectivity index (χ3v) is 3.59. The van der Waals surface area contributed by atoms with E-state index in [9.17, 15) is 4.79 Å². The maximum atomic E-state index is 10.8. The number of rotatable bonds is 4. The minimum Gasteiger partial charge on any atom is -0.481 e. The van der Waals surface area contributed by atoms with Gasteiger partial charge in [-0.2, -0.15) is 0 Å². The van der Waals surface area contributed by atoms with Gasteiger partial charge in [-0.05, 0) is 18.8 Å². The van der Waals surface area contributed by atoms with Crippen LogP contribution < -0.4 is 0 Å². The van der Waals surface area contributed by atoms with E-state index in [0.29, 0.717) is 12.5 Å². The van der Waals surface area contributed by atoms with Gasteiger partial charge in [0.05, 0.1) is 19.6 Å². The van der Waals surface area contributed by atoms with E-state index in [4.69, 9.17) is 14.6 Å². The molecule has 2 heterocycles. The van der Waals surface area contributed by atoms with Crippen LogP contribution in [0.5, 0.6) is 0 Å². The molecule has 2 rings (SSSR count). The highest BCUT2D eigenvalue weighted by Crippen LogP contribution is 2.19. The lowest BCUT2D eigenvalue weighted by Crippen LogP contribution is -2.48. The molecule has 0 aliphatic carbocycles. The normalized spacial score (nSPS) is 28.1. The van der Waals surface area contributed by atoms with Crippen molar-refractivity contribution < 1.29 is 19.4 Å². The molecule has 2 aliphatic rings. The van der Waals surface area contributed by atoms with Gasteiger partial charge in [0.2, 0.25) is 0 Å². The van der Waals surface area contributed by atoms with Crippen LogP contribution in [0.15, 0.2) is 0 Å². The Morgan fingerprint density at radius 1 is 1.24 bits per heavy atom. The number of morpholine rings is 1. The minimum absolute atomic E-state index is 0.0455. The molecular weight excluding hydrogens is 222 g/mol. The van der Waals surface area contributed by atoms with Crippen LogP contribution in [0.2, 0.25) is 0 Å². The highest BCUT2D eigenvalue weighted by Gasteiger charge is 2.27. The summed E-state index contributed by atoms with van der Waals surface area (Å²) in [5.41, 5.74) is 0. The quantitative estimate of drug-likeness (QED) is 0.783. The van der Waals surface area contributed by atoms with Gasteiger partial charge in [0.15, 0.2) is 0 Å². The van der Waals surface area contributed by atoms with Gasteiger partial charge >= 0.3 is 5.97 Å². The highest BCUT2D eigenvalue weighted by atomic mass is 16.5. The molecule has 5 nitrogen and oxygen atoms in total. The van der Waals surface area contributed by atoms with Crippen molar-refractivity contribution in [3.05, 3.63) is 0 Å². The van der Waals surface area contributed by atoms with E-state index in [-0.39, 0.29) is 12.5 Å². The molecule has 2 fully saturated rings. The molecule has 0 radical (unpaired) electrons. The van der Waals surface area contributed by atoms with Crippen LogP contribution in [0, 0.1) is 5.92 Å². The summed E-state index contributed by atoms with van der Waals surface area (Å²) in [6.45, 7) is 4.81. The molecule has 0 amide bonds. The van der Waals surface area contributed by atoms with E-state index < -0.39 is 5.97 Å². The fraction of sp³-hybridized carbons (Fsp3) is 0.917. The monoisotopic (exact) mass is 243 g/mol. The van der Waals surface area contributed by atoms with Crippen molar-refractivity contribution in [1.82, 2.24) is 4.90 Å². The molecule has 2 aliphatic heterocycles. The van der Waals surface area contributed by atoms with E-state index in [2.05, 4.69) is 4.90 Å². The van der Waals surface area contributed by atoms with Gasteiger partial charge in [0, 0.05) is 32.3 Å². The van der Waals surface area contributed by atoms with Gasteiger partial charge in [-0.3, -0.25) is 9.69 Å². The van der Waals surface area contributed by atoms with Crippen molar-refractivity contribution in [2.75, 3.05) is 39.5 Å². The first-order chi connectivity index (χ1) is 8.25. The first kappa shape index (κ1) is 12.8. The average molecular weight is 243 g/mol. The Bertz CT molecular complexity index is 253. The Balaban J connectivity index is 1.84. The van der Waals surface area contributed by atoms with Gasteiger partial charge in [-0.1, -0.05) is 0 Å². The minimum atomic E-state index is -0.738. The standard InChI is InChI=1S/C12H21NO4/c14-12(15)7-11-9-17-6-3-13(11)8-10-1-4-16-5-2-10/h10-11H,1-9H2,(H,14,15). The van der Waals surface area contributed by atoms with Crippen molar-refractivity contribution in [1.29, 1.82) is 0 Å². The Morgan fingerprint density at radius 3 is 2.71 bits per heavy atom. The largest absolute Gasteiger partial charge is 0.481 e. The lowest BCUT2D eigenvalue weighted by atomic mass is 9.98. The zero-order valence-corrected chi connectivity index (χ0v) is 10.1. The van der Waals surface area contributed by atoms with Crippen molar-refractivity contribution in [2.24, 2.45) is 5.92 Å². The highest BCUT2D eigenvalue weighted by molar-refractivity contribution is 5.67. The maximum absolute atomic E-state index is 10.8. The number of carboxylic acid groups (broad SMARTS) is 1. The first-order valence-corrected chi connectivity index (χ1v) is 6.37. The van der Waals surface area contributed by atoms with Crippen molar-refractivity contribution >= 4 is 5.97 Å². The van der Waals surface area contributed by atoms with Crippen LogP contribution in [-0.4, -0.2) is 61.5 Å². The summed E-state index contributed by atoms with van der Waals surface area (Å²) in [6, 6.07) is 0.0455. The van der Waals surface area contributed by atoms with Crippen molar-refractivity contribution in [2.45, 2.75) is 25.3 Å². The maximum Gasteiger partial charge on any atom is 0.305 e. The summed E-state index contributed by atoms with van der Waals surface area (Å²) in [5, 5.41) is 8.89. The summed E-state index contributed by atoms with van der Waals surface area (Å²) in [4.78, 5) is 13.1. The smallest absolute Gasteiger partial charge is 0.305 e. The Hall–Kier alpha value is -0.650. The molecule has 1 unspecified atom stereocenters. The molecule has 98 valence electrons. The van der Waals surface area contributed by atoms with Gasteiger partial charge in [0.1, 0.15) is 0 Å². The predicted octanol–water partition coefficient (Wildman–Crippen LogP) is 0.588. The number of ether oxygens (including phenoxy) is 2. The second-order valence-electron chi connectivity index (χ2n) is 4.88. The van der Waals surface area contributed by atoms with Gasteiger partial charge < -0.3 is 14.6 Å². The first-order valence-electron chi connectivity index (χ1n) is 6.37. The Labute approximate surface area is 102 Å². The number of hydrogen-bond donors (Lipinski definition) is 1. The van der Waals surface area contributed by atoms with Crippen LogP contribution >= 0.6 is 0 Å². The lowest BCUT2D eigenvalue weighted by Gasteiger charge is -2.37. The molecule has 0 bridgehead atoms. The molecule has 1 atom stereocenters. The third kappa shape index (κ3) is 3.94. The number of carbonyl (C=O) groups is 1. The lowest BCUT2D eigenvalue weighted by molar-refractivity contribution is -0.140. The van der Waals surface area contributed by atoms with Crippen LogP contribution in [0.25, 0.3) is 0 Å². The van der Waals surface area contributed by atoms with E-state index >= 15 is 0 Å². The molecule has 2 saturated heterocycles. The van der Waals surface area contributed by atoms with E-state index in [1.54, 1.807) is 0 Å². The third-order valence-electron chi connectivity index (χ3n) is 3.59.